The van der Waals surface area contributed by atoms with Gasteiger partial charge in [-0.05, 0) is 26.2 Å². The summed E-state index contributed by atoms with van der Waals surface area (Å²) in [5.41, 5.74) is 0. The van der Waals surface area contributed by atoms with Crippen LogP contribution in [0.2, 0.25) is 0 Å². The lowest BCUT2D eigenvalue weighted by Gasteiger charge is -2.24. The van der Waals surface area contributed by atoms with Crippen LogP contribution in [0, 0.1) is 0 Å². The summed E-state index contributed by atoms with van der Waals surface area (Å²) in [4.78, 5) is 14.8. The molecular formula is C15H24N2O3. The highest BCUT2D eigenvalue weighted by Gasteiger charge is 2.14. The number of carbonyl (C=O) groups is 1. The van der Waals surface area contributed by atoms with Crippen molar-refractivity contribution in [2.45, 2.75) is 12.5 Å². The summed E-state index contributed by atoms with van der Waals surface area (Å²) >= 11 is 0. The van der Waals surface area contributed by atoms with Gasteiger partial charge in [-0.15, -0.1) is 0 Å². The molecular weight excluding hydrogens is 256 g/mol. The first-order valence-corrected chi connectivity index (χ1v) is 6.69. The number of carbonyl (C=O) groups excluding carboxylic acids is 1. The van der Waals surface area contributed by atoms with Crippen molar-refractivity contribution in [2.75, 3.05) is 41.4 Å². The summed E-state index contributed by atoms with van der Waals surface area (Å²) in [6, 6.07) is 9.90. The van der Waals surface area contributed by atoms with E-state index in [0.29, 0.717) is 13.2 Å². The molecule has 112 valence electrons. The molecule has 20 heavy (non-hydrogen) atoms. The summed E-state index contributed by atoms with van der Waals surface area (Å²) in [6.07, 6.45) is 0.422. The molecule has 0 aliphatic heterocycles. The van der Waals surface area contributed by atoms with Gasteiger partial charge in [0.05, 0.1) is 6.61 Å². The first-order valence-electron chi connectivity index (χ1n) is 6.69. The van der Waals surface area contributed by atoms with E-state index < -0.39 is 0 Å². The zero-order valence-electron chi connectivity index (χ0n) is 12.7. The molecule has 1 unspecified atom stereocenters. The summed E-state index contributed by atoms with van der Waals surface area (Å²) < 4.78 is 10.9. The number of benzene rings is 1. The number of amides is 1. The Labute approximate surface area is 121 Å². The molecule has 0 aliphatic rings. The number of hydrogen-bond donors (Lipinski definition) is 0. The van der Waals surface area contributed by atoms with Gasteiger partial charge in [-0.1, -0.05) is 18.2 Å². The maximum atomic E-state index is 11.3. The number of ether oxygens (including phenoxy) is 2. The minimum Gasteiger partial charge on any atom is -0.492 e. The molecule has 0 aromatic heterocycles. The Morgan fingerprint density at radius 3 is 2.35 bits per heavy atom. The van der Waals surface area contributed by atoms with Crippen LogP contribution in [0.5, 0.6) is 5.75 Å². The van der Waals surface area contributed by atoms with Crippen LogP contribution in [0.4, 0.5) is 4.79 Å². The van der Waals surface area contributed by atoms with E-state index in [1.165, 1.54) is 4.90 Å². The highest BCUT2D eigenvalue weighted by atomic mass is 16.6. The van der Waals surface area contributed by atoms with Crippen LogP contribution in [0.15, 0.2) is 30.3 Å². The molecule has 1 aromatic rings. The van der Waals surface area contributed by atoms with Crippen molar-refractivity contribution in [1.29, 1.82) is 0 Å². The topological polar surface area (TPSA) is 42.0 Å². The molecule has 0 radical (unpaired) electrons. The molecule has 1 atom stereocenters. The van der Waals surface area contributed by atoms with E-state index in [4.69, 9.17) is 9.47 Å². The van der Waals surface area contributed by atoms with E-state index in [2.05, 4.69) is 4.90 Å². The Morgan fingerprint density at radius 2 is 1.80 bits per heavy atom. The van der Waals surface area contributed by atoms with Crippen LogP contribution >= 0.6 is 0 Å². The van der Waals surface area contributed by atoms with E-state index >= 15 is 0 Å². The Morgan fingerprint density at radius 1 is 1.15 bits per heavy atom. The average molecular weight is 280 g/mol. The average Bonchev–Trinajstić information content (AvgIpc) is 2.42. The SMILES string of the molecule is CN(C)C(=O)OCCC(COc1ccccc1)N(C)C. The van der Waals surface area contributed by atoms with Gasteiger partial charge in [0.2, 0.25) is 0 Å². The minimum absolute atomic E-state index is 0.199. The highest BCUT2D eigenvalue weighted by Crippen LogP contribution is 2.10. The largest absolute Gasteiger partial charge is 0.492 e. The summed E-state index contributed by atoms with van der Waals surface area (Å²) in [6.45, 7) is 0.953. The van der Waals surface area contributed by atoms with Crippen LogP contribution in [-0.2, 0) is 4.74 Å². The molecule has 5 heteroatoms. The second kappa shape index (κ2) is 8.43. The third kappa shape index (κ3) is 5.93. The van der Waals surface area contributed by atoms with Gasteiger partial charge >= 0.3 is 6.09 Å². The molecule has 0 heterocycles. The molecule has 0 fully saturated rings. The Balaban J connectivity index is 2.35. The van der Waals surface area contributed by atoms with E-state index in [0.717, 1.165) is 12.2 Å². The monoisotopic (exact) mass is 280 g/mol. The molecule has 1 amide bonds. The fraction of sp³-hybridized carbons (Fsp3) is 0.533. The van der Waals surface area contributed by atoms with Crippen molar-refractivity contribution < 1.29 is 14.3 Å². The lowest BCUT2D eigenvalue weighted by molar-refractivity contribution is 0.0978. The van der Waals surface area contributed by atoms with Gasteiger partial charge in [0.25, 0.3) is 0 Å². The van der Waals surface area contributed by atoms with E-state index in [9.17, 15) is 4.79 Å². The van der Waals surface area contributed by atoms with E-state index in [1.54, 1.807) is 14.1 Å². The zero-order valence-corrected chi connectivity index (χ0v) is 12.7. The predicted octanol–water partition coefficient (Wildman–Crippen LogP) is 2.08. The summed E-state index contributed by atoms with van der Waals surface area (Å²) in [5.74, 6) is 0.852. The predicted molar refractivity (Wildman–Crippen MR) is 79.1 cm³/mol. The van der Waals surface area contributed by atoms with Gasteiger partial charge in [-0.2, -0.15) is 0 Å². The van der Waals surface area contributed by atoms with Crippen LogP contribution in [0.25, 0.3) is 0 Å². The van der Waals surface area contributed by atoms with Crippen LogP contribution in [-0.4, -0.2) is 63.3 Å². The summed E-state index contributed by atoms with van der Waals surface area (Å²) in [5, 5.41) is 0. The van der Waals surface area contributed by atoms with Crippen LogP contribution in [0.3, 0.4) is 0 Å². The van der Waals surface area contributed by atoms with Crippen LogP contribution in [0.1, 0.15) is 6.42 Å². The molecule has 0 aliphatic carbocycles. The molecule has 1 aromatic carbocycles. The molecule has 0 bridgehead atoms. The van der Waals surface area contributed by atoms with E-state index in [-0.39, 0.29) is 12.1 Å². The van der Waals surface area contributed by atoms with Crippen LogP contribution < -0.4 is 4.74 Å². The normalized spacial score (nSPS) is 12.1. The lowest BCUT2D eigenvalue weighted by Crippen LogP contribution is -2.35. The smallest absolute Gasteiger partial charge is 0.409 e. The van der Waals surface area contributed by atoms with Crippen molar-refractivity contribution >= 4 is 6.09 Å². The third-order valence-corrected chi connectivity index (χ3v) is 2.96. The number of nitrogens with zero attached hydrogens (tertiary/aromatic N) is 2. The van der Waals surface area contributed by atoms with Gasteiger partial charge < -0.3 is 19.3 Å². The maximum Gasteiger partial charge on any atom is 0.409 e. The van der Waals surface area contributed by atoms with Crippen molar-refractivity contribution in [2.24, 2.45) is 0 Å². The zero-order chi connectivity index (χ0) is 15.0. The van der Waals surface area contributed by atoms with E-state index in [1.807, 2.05) is 44.4 Å². The summed E-state index contributed by atoms with van der Waals surface area (Å²) in [7, 11) is 7.33. The first kappa shape index (κ1) is 16.3. The van der Waals surface area contributed by atoms with Gasteiger partial charge in [0.15, 0.2) is 0 Å². The minimum atomic E-state index is -0.313. The van der Waals surface area contributed by atoms with Gasteiger partial charge in [0.1, 0.15) is 12.4 Å². The third-order valence-electron chi connectivity index (χ3n) is 2.96. The van der Waals surface area contributed by atoms with Gasteiger partial charge in [-0.25, -0.2) is 4.79 Å². The molecule has 0 spiro atoms. The van der Waals surface area contributed by atoms with Crippen molar-refractivity contribution in [1.82, 2.24) is 9.80 Å². The van der Waals surface area contributed by atoms with Crippen molar-refractivity contribution in [3.8, 4) is 5.75 Å². The molecule has 0 saturated carbocycles. The second-order valence-electron chi connectivity index (χ2n) is 5.04. The fourth-order valence-corrected chi connectivity index (χ4v) is 1.61. The number of hydrogen-bond acceptors (Lipinski definition) is 4. The van der Waals surface area contributed by atoms with Gasteiger partial charge in [-0.3, -0.25) is 0 Å². The lowest BCUT2D eigenvalue weighted by atomic mass is 10.2. The fourth-order valence-electron chi connectivity index (χ4n) is 1.61. The van der Waals surface area contributed by atoms with Crippen molar-refractivity contribution in [3.63, 3.8) is 0 Å². The number of likely N-dealkylation sites (N-methyl/N-ethyl adjacent to an activating group) is 1. The maximum absolute atomic E-state index is 11.3. The second-order valence-corrected chi connectivity index (χ2v) is 5.04. The molecule has 5 nitrogen and oxygen atoms in total. The molecule has 1 rings (SSSR count). The Hall–Kier alpha value is -1.75. The number of rotatable bonds is 7. The Bertz CT molecular complexity index is 393. The van der Waals surface area contributed by atoms with Gasteiger partial charge in [0, 0.05) is 26.6 Å². The standard InChI is InChI=1S/C15H24N2O3/c1-16(2)13(10-11-19-15(18)17(3)4)12-20-14-8-6-5-7-9-14/h5-9,13H,10-12H2,1-4H3. The number of para-hydroxylation sites is 1. The van der Waals surface area contributed by atoms with Crippen molar-refractivity contribution in [3.05, 3.63) is 30.3 Å². The highest BCUT2D eigenvalue weighted by molar-refractivity contribution is 5.66. The first-order chi connectivity index (χ1) is 9.50. The molecule has 0 saturated heterocycles. The quantitative estimate of drug-likeness (QED) is 0.767. The molecule has 0 N–H and O–H groups in total. The Kier molecular flexibility index (Phi) is 6.87.